The van der Waals surface area contributed by atoms with Gasteiger partial charge in [-0.2, -0.15) is 0 Å². The van der Waals surface area contributed by atoms with E-state index in [1.807, 2.05) is 24.3 Å². The first kappa shape index (κ1) is 12.2. The molecule has 0 amide bonds. The topological polar surface area (TPSA) is 20.2 Å². The first-order valence-electron chi connectivity index (χ1n) is 6.93. The monoisotopic (exact) mass is 276 g/mol. The largest absolute Gasteiger partial charge is 0.505 e. The van der Waals surface area contributed by atoms with Gasteiger partial charge in [0.25, 0.3) is 0 Å². The zero-order valence-corrected chi connectivity index (χ0v) is 11.3. The third-order valence-corrected chi connectivity index (χ3v) is 4.11. The van der Waals surface area contributed by atoms with Gasteiger partial charge >= 0.3 is 0 Å². The number of phenolic OH excluding ortho intramolecular Hbond substituents is 1. The number of phenols is 1. The molecule has 1 nitrogen and oxygen atoms in total. The van der Waals surface area contributed by atoms with Crippen molar-refractivity contribution in [3.05, 3.63) is 77.6 Å². The maximum atomic E-state index is 13.6. The van der Waals surface area contributed by atoms with Crippen molar-refractivity contribution in [2.75, 3.05) is 0 Å². The van der Waals surface area contributed by atoms with Gasteiger partial charge in [-0.25, -0.2) is 4.39 Å². The normalized spacial score (nSPS) is 12.0. The third kappa shape index (κ3) is 1.83. The van der Waals surface area contributed by atoms with Gasteiger partial charge in [-0.15, -0.1) is 0 Å². The van der Waals surface area contributed by atoms with E-state index in [-0.39, 0.29) is 5.75 Å². The Hall–Kier alpha value is -2.61. The maximum Gasteiger partial charge on any atom is 0.165 e. The molecule has 4 rings (SSSR count). The number of hydrogen-bond donors (Lipinski definition) is 1. The van der Waals surface area contributed by atoms with E-state index >= 15 is 0 Å². The summed E-state index contributed by atoms with van der Waals surface area (Å²) < 4.78 is 13.6. The Labute approximate surface area is 122 Å². The molecule has 0 bridgehead atoms. The smallest absolute Gasteiger partial charge is 0.165 e. The lowest BCUT2D eigenvalue weighted by Gasteiger charge is -2.09. The molecule has 102 valence electrons. The second kappa shape index (κ2) is 4.45. The standard InChI is InChI=1S/C19H13FO/c20-18-11-13(8-9-19(18)21)15-6-3-7-16-14-5-2-1-4-12(14)10-17(15)16/h1-9,11,21H,10H2. The molecule has 0 aliphatic heterocycles. The Balaban J connectivity index is 1.92. The summed E-state index contributed by atoms with van der Waals surface area (Å²) in [6.45, 7) is 0. The Morgan fingerprint density at radius 1 is 0.810 bits per heavy atom. The summed E-state index contributed by atoms with van der Waals surface area (Å²) in [5, 5.41) is 9.35. The van der Waals surface area contributed by atoms with Crippen LogP contribution in [0.25, 0.3) is 22.3 Å². The van der Waals surface area contributed by atoms with Gasteiger partial charge in [0.1, 0.15) is 0 Å². The Morgan fingerprint density at radius 2 is 1.57 bits per heavy atom. The summed E-state index contributed by atoms with van der Waals surface area (Å²) in [7, 11) is 0. The highest BCUT2D eigenvalue weighted by Crippen LogP contribution is 2.41. The molecule has 0 saturated heterocycles. The van der Waals surface area contributed by atoms with Crippen molar-refractivity contribution in [3.63, 3.8) is 0 Å². The molecular formula is C19H13FO. The summed E-state index contributed by atoms with van der Waals surface area (Å²) in [5.41, 5.74) is 6.84. The molecule has 1 N–H and O–H groups in total. The number of fused-ring (bicyclic) bond motifs is 3. The minimum absolute atomic E-state index is 0.311. The van der Waals surface area contributed by atoms with Crippen LogP contribution in [0.1, 0.15) is 11.1 Å². The van der Waals surface area contributed by atoms with Crippen LogP contribution in [0.15, 0.2) is 60.7 Å². The summed E-state index contributed by atoms with van der Waals surface area (Å²) in [5.74, 6) is -0.893. The van der Waals surface area contributed by atoms with E-state index in [9.17, 15) is 9.50 Å². The van der Waals surface area contributed by atoms with Crippen LogP contribution in [-0.4, -0.2) is 5.11 Å². The lowest BCUT2D eigenvalue weighted by atomic mass is 9.95. The fourth-order valence-corrected chi connectivity index (χ4v) is 3.10. The van der Waals surface area contributed by atoms with Crippen molar-refractivity contribution >= 4 is 0 Å². The molecule has 3 aromatic rings. The van der Waals surface area contributed by atoms with Crippen LogP contribution in [0.2, 0.25) is 0 Å². The average molecular weight is 276 g/mol. The first-order valence-corrected chi connectivity index (χ1v) is 6.93. The minimum Gasteiger partial charge on any atom is -0.505 e. The summed E-state index contributed by atoms with van der Waals surface area (Å²) in [6, 6.07) is 19.0. The van der Waals surface area contributed by atoms with Gasteiger partial charge in [0, 0.05) is 0 Å². The zero-order chi connectivity index (χ0) is 14.4. The minimum atomic E-state index is -0.583. The first-order chi connectivity index (χ1) is 10.2. The quantitative estimate of drug-likeness (QED) is 0.531. The number of halogens is 1. The molecule has 0 fully saturated rings. The Bertz CT molecular complexity index is 852. The number of aromatic hydroxyl groups is 1. The van der Waals surface area contributed by atoms with Crippen molar-refractivity contribution in [1.29, 1.82) is 0 Å². The lowest BCUT2D eigenvalue weighted by Crippen LogP contribution is -1.89. The Morgan fingerprint density at radius 3 is 2.43 bits per heavy atom. The molecule has 0 saturated carbocycles. The average Bonchev–Trinajstić information content (AvgIpc) is 2.89. The van der Waals surface area contributed by atoms with Crippen LogP contribution in [0.3, 0.4) is 0 Å². The van der Waals surface area contributed by atoms with Crippen molar-refractivity contribution in [3.8, 4) is 28.0 Å². The number of benzene rings is 3. The highest BCUT2D eigenvalue weighted by Gasteiger charge is 2.21. The van der Waals surface area contributed by atoms with Crippen LogP contribution < -0.4 is 0 Å². The van der Waals surface area contributed by atoms with Gasteiger partial charge in [-0.3, -0.25) is 0 Å². The van der Waals surface area contributed by atoms with E-state index in [0.29, 0.717) is 0 Å². The van der Waals surface area contributed by atoms with Crippen LogP contribution in [0.4, 0.5) is 4.39 Å². The van der Waals surface area contributed by atoms with Gasteiger partial charge in [0.15, 0.2) is 11.6 Å². The third-order valence-electron chi connectivity index (χ3n) is 4.11. The summed E-state index contributed by atoms with van der Waals surface area (Å²) >= 11 is 0. The van der Waals surface area contributed by atoms with Crippen molar-refractivity contribution < 1.29 is 9.50 Å². The van der Waals surface area contributed by atoms with Crippen LogP contribution >= 0.6 is 0 Å². The molecule has 0 aromatic heterocycles. The molecule has 0 radical (unpaired) electrons. The molecule has 0 atom stereocenters. The van der Waals surface area contributed by atoms with E-state index in [0.717, 1.165) is 17.5 Å². The number of hydrogen-bond acceptors (Lipinski definition) is 1. The van der Waals surface area contributed by atoms with E-state index in [1.165, 1.54) is 34.4 Å². The highest BCUT2D eigenvalue weighted by molar-refractivity contribution is 5.84. The molecule has 0 heterocycles. The van der Waals surface area contributed by atoms with Crippen molar-refractivity contribution in [2.24, 2.45) is 0 Å². The molecule has 2 heteroatoms. The maximum absolute atomic E-state index is 13.6. The van der Waals surface area contributed by atoms with E-state index < -0.39 is 5.82 Å². The fraction of sp³-hybridized carbons (Fsp3) is 0.0526. The molecule has 0 spiro atoms. The predicted molar refractivity (Wildman–Crippen MR) is 81.7 cm³/mol. The molecule has 1 aliphatic carbocycles. The summed E-state index contributed by atoms with van der Waals surface area (Å²) in [4.78, 5) is 0. The fourth-order valence-electron chi connectivity index (χ4n) is 3.10. The molecule has 3 aromatic carbocycles. The van der Waals surface area contributed by atoms with Gasteiger partial charge < -0.3 is 5.11 Å². The predicted octanol–water partition coefficient (Wildman–Crippen LogP) is 4.77. The van der Waals surface area contributed by atoms with Crippen molar-refractivity contribution in [1.82, 2.24) is 0 Å². The van der Waals surface area contributed by atoms with E-state index in [1.54, 1.807) is 6.07 Å². The zero-order valence-electron chi connectivity index (χ0n) is 11.3. The SMILES string of the molecule is Oc1ccc(-c2cccc3c2Cc2ccccc2-3)cc1F. The lowest BCUT2D eigenvalue weighted by molar-refractivity contribution is 0.432. The molecule has 1 aliphatic rings. The highest BCUT2D eigenvalue weighted by atomic mass is 19.1. The number of rotatable bonds is 1. The van der Waals surface area contributed by atoms with Gasteiger partial charge in [-0.1, -0.05) is 48.5 Å². The van der Waals surface area contributed by atoms with Gasteiger partial charge in [-0.05, 0) is 51.9 Å². The molecule has 0 unspecified atom stereocenters. The van der Waals surface area contributed by atoms with E-state index in [4.69, 9.17) is 0 Å². The van der Waals surface area contributed by atoms with Crippen LogP contribution in [0, 0.1) is 5.82 Å². The second-order valence-electron chi connectivity index (χ2n) is 5.33. The molecular weight excluding hydrogens is 263 g/mol. The van der Waals surface area contributed by atoms with Crippen molar-refractivity contribution in [2.45, 2.75) is 6.42 Å². The van der Waals surface area contributed by atoms with Crippen LogP contribution in [0.5, 0.6) is 5.75 Å². The van der Waals surface area contributed by atoms with Crippen LogP contribution in [-0.2, 0) is 6.42 Å². The van der Waals surface area contributed by atoms with Gasteiger partial charge in [0.2, 0.25) is 0 Å². The van der Waals surface area contributed by atoms with Gasteiger partial charge in [0.05, 0.1) is 0 Å². The van der Waals surface area contributed by atoms with E-state index in [2.05, 4.69) is 18.2 Å². The summed E-state index contributed by atoms with van der Waals surface area (Å²) in [6.07, 6.45) is 0.865. The second-order valence-corrected chi connectivity index (χ2v) is 5.33. The Kier molecular flexibility index (Phi) is 2.58. The molecule has 21 heavy (non-hydrogen) atoms.